The van der Waals surface area contributed by atoms with Crippen molar-refractivity contribution in [2.24, 2.45) is 23.2 Å². The maximum Gasteiger partial charge on any atom is 0.155 e. The topological polar surface area (TPSA) is 64.3 Å². The van der Waals surface area contributed by atoms with Gasteiger partial charge in [0.15, 0.2) is 5.78 Å². The molecule has 0 radical (unpaired) electrons. The van der Waals surface area contributed by atoms with Crippen LogP contribution in [0, 0.1) is 34.5 Å². The third-order valence-corrected chi connectivity index (χ3v) is 12.0. The second-order valence-electron chi connectivity index (χ2n) is 11.7. The molecule has 4 aliphatic carbocycles. The molecule has 0 unspecified atom stereocenters. The fourth-order valence-corrected chi connectivity index (χ4v) is 10.6. The van der Waals surface area contributed by atoms with Crippen LogP contribution in [-0.4, -0.2) is 35.3 Å². The zero-order valence-corrected chi connectivity index (χ0v) is 20.8. The van der Waals surface area contributed by atoms with Crippen LogP contribution in [-0.2, 0) is 4.79 Å². The van der Waals surface area contributed by atoms with Crippen LogP contribution in [0.3, 0.4) is 0 Å². The van der Waals surface area contributed by atoms with Gasteiger partial charge in [0.1, 0.15) is 0 Å². The van der Waals surface area contributed by atoms with Gasteiger partial charge in [0.05, 0.1) is 18.1 Å². The fourth-order valence-electron chi connectivity index (χ4n) is 8.70. The summed E-state index contributed by atoms with van der Waals surface area (Å²) < 4.78 is 0.0106. The van der Waals surface area contributed by atoms with Crippen LogP contribution < -0.4 is 4.90 Å². The molecule has 1 heterocycles. The van der Waals surface area contributed by atoms with E-state index in [9.17, 15) is 15.2 Å². The molecule has 1 aliphatic heterocycles. The molecule has 3 saturated carbocycles. The molecule has 5 aliphatic rings. The van der Waals surface area contributed by atoms with Crippen molar-refractivity contribution in [3.8, 4) is 6.07 Å². The number of fused-ring (bicyclic) bond motifs is 4. The van der Waals surface area contributed by atoms with E-state index in [-0.39, 0.29) is 16.6 Å². The number of ketones is 1. The molecule has 1 aromatic carbocycles. The Hall–Kier alpha value is -1.77. The summed E-state index contributed by atoms with van der Waals surface area (Å²) >= 11 is 2.04. The van der Waals surface area contributed by atoms with Gasteiger partial charge in [-0.2, -0.15) is 5.26 Å². The van der Waals surface area contributed by atoms with Crippen molar-refractivity contribution < 1.29 is 9.90 Å². The van der Waals surface area contributed by atoms with E-state index in [1.54, 1.807) is 0 Å². The van der Waals surface area contributed by atoms with E-state index in [1.165, 1.54) is 21.7 Å². The van der Waals surface area contributed by atoms with Crippen molar-refractivity contribution in [1.29, 1.82) is 5.26 Å². The molecular weight excluding hydrogens is 428 g/mol. The zero-order valence-electron chi connectivity index (χ0n) is 19.9. The first kappa shape index (κ1) is 21.7. The second kappa shape index (κ2) is 7.12. The van der Waals surface area contributed by atoms with Crippen molar-refractivity contribution in [3.63, 3.8) is 0 Å². The largest absolute Gasteiger partial charge is 0.388 e. The molecule has 6 rings (SSSR count). The van der Waals surface area contributed by atoms with Crippen LogP contribution in [0.25, 0.3) is 0 Å². The predicted molar refractivity (Wildman–Crippen MR) is 131 cm³/mol. The van der Waals surface area contributed by atoms with E-state index < -0.39 is 5.60 Å². The van der Waals surface area contributed by atoms with Gasteiger partial charge in [-0.05, 0) is 91.5 Å². The molecule has 0 aromatic heterocycles. The van der Waals surface area contributed by atoms with Gasteiger partial charge in [0.2, 0.25) is 0 Å². The summed E-state index contributed by atoms with van der Waals surface area (Å²) in [5, 5.41) is 21.3. The van der Waals surface area contributed by atoms with Crippen molar-refractivity contribution in [2.75, 3.05) is 19.0 Å². The van der Waals surface area contributed by atoms with Crippen LogP contribution in [0.2, 0.25) is 0 Å². The number of nitrogens with zero attached hydrogens (tertiary/aromatic N) is 2. The van der Waals surface area contributed by atoms with Crippen LogP contribution in [0.1, 0.15) is 69.8 Å². The lowest BCUT2D eigenvalue weighted by Gasteiger charge is -2.64. The average molecular weight is 463 g/mol. The van der Waals surface area contributed by atoms with Gasteiger partial charge < -0.3 is 10.0 Å². The lowest BCUT2D eigenvalue weighted by molar-refractivity contribution is -0.123. The lowest BCUT2D eigenvalue weighted by Crippen LogP contribution is -2.60. The van der Waals surface area contributed by atoms with Gasteiger partial charge in [-0.25, -0.2) is 0 Å². The maximum atomic E-state index is 12.5. The average Bonchev–Trinajstić information content (AvgIpc) is 3.04. The molecule has 1 spiro atoms. The summed E-state index contributed by atoms with van der Waals surface area (Å²) in [6.45, 7) is 2.29. The van der Waals surface area contributed by atoms with E-state index in [2.05, 4.69) is 50.2 Å². The van der Waals surface area contributed by atoms with E-state index in [0.717, 1.165) is 38.5 Å². The molecule has 0 amide bonds. The van der Waals surface area contributed by atoms with Crippen molar-refractivity contribution in [2.45, 2.75) is 79.5 Å². The van der Waals surface area contributed by atoms with Gasteiger partial charge in [0, 0.05) is 41.3 Å². The summed E-state index contributed by atoms with van der Waals surface area (Å²) in [6, 6.07) is 9.23. The first-order valence-electron chi connectivity index (χ1n) is 12.6. The third kappa shape index (κ3) is 2.77. The second-order valence-corrected chi connectivity index (χ2v) is 13.1. The summed E-state index contributed by atoms with van der Waals surface area (Å²) in [5.41, 5.74) is 2.89. The fraction of sp³-hybridized carbons (Fsp3) is 0.643. The highest BCUT2D eigenvalue weighted by Gasteiger charge is 2.68. The molecule has 4 nitrogen and oxygen atoms in total. The molecular formula is C28H34N2O2S. The Morgan fingerprint density at radius 3 is 2.82 bits per heavy atom. The normalized spacial score (nSPS) is 42.9. The highest BCUT2D eigenvalue weighted by atomic mass is 32.2. The van der Waals surface area contributed by atoms with Crippen LogP contribution >= 0.6 is 11.8 Å². The summed E-state index contributed by atoms with van der Waals surface area (Å²) in [6.07, 6.45) is 8.63. The SMILES string of the molecule is CN(C)c1ccc2c(c1)S[C@]13CCC(=O)C=C1CC[C@@H]1[C@@H]3[C@@H]2C[C@@]2(C)[C@H]1CC[C@@]2(O)CC#N. The highest BCUT2D eigenvalue weighted by molar-refractivity contribution is 8.01. The number of thioether (sulfide) groups is 1. The Kier molecular flexibility index (Phi) is 4.69. The number of aliphatic hydroxyl groups is 1. The van der Waals surface area contributed by atoms with Gasteiger partial charge in [-0.15, -0.1) is 11.8 Å². The predicted octanol–water partition coefficient (Wildman–Crippen LogP) is 5.46. The Morgan fingerprint density at radius 1 is 1.24 bits per heavy atom. The summed E-state index contributed by atoms with van der Waals surface area (Å²) in [7, 11) is 4.18. The number of rotatable bonds is 2. The number of hydrogen-bond acceptors (Lipinski definition) is 5. The number of carbonyl (C=O) groups is 1. The number of hydrogen-bond donors (Lipinski definition) is 1. The smallest absolute Gasteiger partial charge is 0.155 e. The van der Waals surface area contributed by atoms with Gasteiger partial charge in [-0.3, -0.25) is 4.79 Å². The number of carbonyl (C=O) groups excluding carboxylic acids is 1. The minimum absolute atomic E-state index is 0.0106. The molecule has 3 fully saturated rings. The van der Waals surface area contributed by atoms with E-state index >= 15 is 0 Å². The molecule has 1 aromatic rings. The molecule has 33 heavy (non-hydrogen) atoms. The Balaban J connectivity index is 1.55. The van der Waals surface area contributed by atoms with E-state index in [4.69, 9.17) is 0 Å². The van der Waals surface area contributed by atoms with Crippen LogP contribution in [0.5, 0.6) is 0 Å². The minimum atomic E-state index is -0.891. The number of benzene rings is 1. The molecule has 0 saturated heterocycles. The van der Waals surface area contributed by atoms with Gasteiger partial charge >= 0.3 is 0 Å². The molecule has 174 valence electrons. The molecule has 0 bridgehead atoms. The van der Waals surface area contributed by atoms with Crippen molar-refractivity contribution in [3.05, 3.63) is 35.4 Å². The lowest BCUT2D eigenvalue weighted by atomic mass is 9.46. The van der Waals surface area contributed by atoms with Gasteiger partial charge in [0.25, 0.3) is 0 Å². The number of anilines is 1. The monoisotopic (exact) mass is 462 g/mol. The standard InChI is InChI=1S/C28H34N2O2S/c1-26-16-22-20-7-5-18(30(2)3)15-24(20)33-28-11-8-19(31)14-17(28)4-6-21(25(22)28)23(26)9-10-27(26,32)12-13-29/h5,7,14-15,21-23,25,32H,4,6,8-12,16H2,1-3H3/t21-,22+,23-,25+,26-,27+,28+/m0/s1. The van der Waals surface area contributed by atoms with Crippen LogP contribution in [0.15, 0.2) is 34.7 Å². The van der Waals surface area contributed by atoms with Gasteiger partial charge in [-0.1, -0.05) is 13.0 Å². The zero-order chi connectivity index (χ0) is 23.2. The van der Waals surface area contributed by atoms with E-state index in [1.807, 2.05) is 17.8 Å². The summed E-state index contributed by atoms with van der Waals surface area (Å²) in [5.74, 6) is 2.17. The van der Waals surface area contributed by atoms with Crippen molar-refractivity contribution >= 4 is 23.2 Å². The Morgan fingerprint density at radius 2 is 2.06 bits per heavy atom. The highest BCUT2D eigenvalue weighted by Crippen LogP contribution is 2.74. The Bertz CT molecular complexity index is 1110. The molecule has 7 atom stereocenters. The maximum absolute atomic E-state index is 12.5. The summed E-state index contributed by atoms with van der Waals surface area (Å²) in [4.78, 5) is 16.0. The van der Waals surface area contributed by atoms with Crippen molar-refractivity contribution in [1.82, 2.24) is 0 Å². The van der Waals surface area contributed by atoms with E-state index in [0.29, 0.717) is 35.9 Å². The quantitative estimate of drug-likeness (QED) is 0.632. The minimum Gasteiger partial charge on any atom is -0.388 e. The number of nitriles is 1. The van der Waals surface area contributed by atoms with Crippen LogP contribution in [0.4, 0.5) is 5.69 Å². The first-order valence-corrected chi connectivity index (χ1v) is 13.4. The third-order valence-electron chi connectivity index (χ3n) is 10.3. The molecule has 5 heteroatoms. The first-order chi connectivity index (χ1) is 15.7. The molecule has 1 N–H and O–H groups in total. The Labute approximate surface area is 201 Å².